The van der Waals surface area contributed by atoms with Gasteiger partial charge in [-0.3, -0.25) is 0 Å². The van der Waals surface area contributed by atoms with E-state index in [-0.39, 0.29) is 25.0 Å². The normalized spacial score (nSPS) is 24.1. The summed E-state index contributed by atoms with van der Waals surface area (Å²) in [5.41, 5.74) is 0. The van der Waals surface area contributed by atoms with Crippen LogP contribution in [0.3, 0.4) is 0 Å². The molecule has 0 aromatic carbocycles. The zero-order chi connectivity index (χ0) is 12.3. The van der Waals surface area contributed by atoms with Gasteiger partial charge in [-0.05, 0) is 18.9 Å². The standard InChI is InChI=1S/C8H9F5O2S/c9-7(10)16(14)15-6-3-1-5(2-4-6)8(11,12)13/h3,5,7H,1-2,4H2. The highest BCUT2D eigenvalue weighted by atomic mass is 32.2. The molecule has 1 aliphatic rings. The Morgan fingerprint density at radius 1 is 1.44 bits per heavy atom. The quantitative estimate of drug-likeness (QED) is 0.732. The van der Waals surface area contributed by atoms with E-state index < -0.39 is 28.9 Å². The molecular weight excluding hydrogens is 255 g/mol. The van der Waals surface area contributed by atoms with Crippen molar-refractivity contribution in [2.24, 2.45) is 5.92 Å². The molecule has 0 saturated carbocycles. The molecule has 2 atom stereocenters. The second-order valence-electron chi connectivity index (χ2n) is 3.29. The minimum absolute atomic E-state index is 0.0564. The van der Waals surface area contributed by atoms with E-state index in [0.29, 0.717) is 0 Å². The lowest BCUT2D eigenvalue weighted by Gasteiger charge is -2.23. The van der Waals surface area contributed by atoms with Gasteiger partial charge < -0.3 is 4.18 Å². The third kappa shape index (κ3) is 3.73. The van der Waals surface area contributed by atoms with Gasteiger partial charge in [0.2, 0.25) is 0 Å². The van der Waals surface area contributed by atoms with Crippen molar-refractivity contribution in [1.82, 2.24) is 0 Å². The average Bonchev–Trinajstić information content (AvgIpc) is 2.17. The van der Waals surface area contributed by atoms with Gasteiger partial charge in [-0.2, -0.15) is 22.0 Å². The number of halogens is 5. The summed E-state index contributed by atoms with van der Waals surface area (Å²) in [6.07, 6.45) is -3.89. The number of hydrogen-bond donors (Lipinski definition) is 0. The first-order valence-electron chi connectivity index (χ1n) is 4.43. The molecule has 0 aliphatic heterocycles. The predicted molar refractivity (Wildman–Crippen MR) is 46.7 cm³/mol. The molecule has 2 nitrogen and oxygen atoms in total. The van der Waals surface area contributed by atoms with Gasteiger partial charge in [0.25, 0.3) is 11.1 Å². The van der Waals surface area contributed by atoms with Gasteiger partial charge in [0.15, 0.2) is 0 Å². The largest absolute Gasteiger partial charge is 0.401 e. The SMILES string of the molecule is O=S(OC1=CCC(C(F)(F)F)CC1)C(F)F. The summed E-state index contributed by atoms with van der Waals surface area (Å²) in [5.74, 6) is -4.68. The van der Waals surface area contributed by atoms with Gasteiger partial charge in [-0.25, -0.2) is 4.21 Å². The van der Waals surface area contributed by atoms with E-state index in [4.69, 9.17) is 0 Å². The molecule has 1 aliphatic carbocycles. The maximum absolute atomic E-state index is 12.2. The average molecular weight is 264 g/mol. The maximum atomic E-state index is 12.2. The van der Waals surface area contributed by atoms with E-state index in [2.05, 4.69) is 4.18 Å². The molecule has 0 saturated heterocycles. The summed E-state index contributed by atoms with van der Waals surface area (Å²) >= 11 is -2.78. The molecule has 0 amide bonds. The molecule has 8 heteroatoms. The molecule has 2 unspecified atom stereocenters. The van der Waals surface area contributed by atoms with Crippen LogP contribution in [0.5, 0.6) is 0 Å². The van der Waals surface area contributed by atoms with Crippen molar-refractivity contribution in [3.05, 3.63) is 11.8 Å². The third-order valence-electron chi connectivity index (χ3n) is 2.17. The number of hydrogen-bond acceptors (Lipinski definition) is 2. The second-order valence-corrected chi connectivity index (χ2v) is 4.33. The minimum atomic E-state index is -4.29. The predicted octanol–water partition coefficient (Wildman–Crippen LogP) is 3.14. The van der Waals surface area contributed by atoms with Gasteiger partial charge in [-0.1, -0.05) is 0 Å². The minimum Gasteiger partial charge on any atom is -0.401 e. The van der Waals surface area contributed by atoms with Crippen molar-refractivity contribution in [1.29, 1.82) is 0 Å². The van der Waals surface area contributed by atoms with E-state index in [9.17, 15) is 26.2 Å². The summed E-state index contributed by atoms with van der Waals surface area (Å²) < 4.78 is 75.2. The van der Waals surface area contributed by atoms with E-state index in [1.165, 1.54) is 0 Å². The van der Waals surface area contributed by atoms with Crippen LogP contribution in [0.25, 0.3) is 0 Å². The molecule has 0 N–H and O–H groups in total. The highest BCUT2D eigenvalue weighted by Gasteiger charge is 2.40. The van der Waals surface area contributed by atoms with Crippen LogP contribution in [-0.4, -0.2) is 16.1 Å². The van der Waals surface area contributed by atoms with Crippen molar-refractivity contribution in [3.8, 4) is 0 Å². The maximum Gasteiger partial charge on any atom is 0.392 e. The van der Waals surface area contributed by atoms with Gasteiger partial charge in [0.1, 0.15) is 5.76 Å². The number of alkyl halides is 5. The first-order valence-corrected chi connectivity index (χ1v) is 5.57. The highest BCUT2D eigenvalue weighted by Crippen LogP contribution is 2.37. The molecule has 16 heavy (non-hydrogen) atoms. The third-order valence-corrected chi connectivity index (χ3v) is 2.84. The van der Waals surface area contributed by atoms with Crippen molar-refractivity contribution in [3.63, 3.8) is 0 Å². The molecule has 0 fully saturated rings. The molecule has 0 bridgehead atoms. The Morgan fingerprint density at radius 2 is 2.06 bits per heavy atom. The molecule has 1 rings (SSSR count). The van der Waals surface area contributed by atoms with Gasteiger partial charge >= 0.3 is 11.9 Å². The van der Waals surface area contributed by atoms with Crippen LogP contribution < -0.4 is 0 Å². The Kier molecular flexibility index (Phi) is 4.28. The van der Waals surface area contributed by atoms with Crippen LogP contribution in [0.1, 0.15) is 19.3 Å². The van der Waals surface area contributed by atoms with Crippen LogP contribution in [-0.2, 0) is 15.3 Å². The van der Waals surface area contributed by atoms with Crippen LogP contribution >= 0.6 is 0 Å². The molecule has 0 spiro atoms. The number of allylic oxidation sites excluding steroid dienone is 2. The molecule has 0 radical (unpaired) electrons. The monoisotopic (exact) mass is 264 g/mol. The van der Waals surface area contributed by atoms with E-state index in [0.717, 1.165) is 6.08 Å². The molecule has 0 aromatic rings. The fourth-order valence-corrected chi connectivity index (χ4v) is 1.76. The molecule has 94 valence electrons. The smallest absolute Gasteiger partial charge is 0.392 e. The lowest BCUT2D eigenvalue weighted by Crippen LogP contribution is -2.25. The van der Waals surface area contributed by atoms with Gasteiger partial charge in [-0.15, -0.1) is 0 Å². The molecular formula is C8H9F5O2S. The van der Waals surface area contributed by atoms with Crippen molar-refractivity contribution in [2.45, 2.75) is 31.2 Å². The Balaban J connectivity index is 2.50. The molecule has 0 aromatic heterocycles. The lowest BCUT2D eigenvalue weighted by molar-refractivity contribution is -0.176. The van der Waals surface area contributed by atoms with Crippen molar-refractivity contribution >= 4 is 11.1 Å². The fraction of sp³-hybridized carbons (Fsp3) is 0.750. The Labute approximate surface area is 91.1 Å². The summed E-state index contributed by atoms with van der Waals surface area (Å²) in [4.78, 5) is 0. The van der Waals surface area contributed by atoms with Crippen LogP contribution in [0, 0.1) is 5.92 Å². The Bertz CT molecular complexity index is 299. The topological polar surface area (TPSA) is 26.3 Å². The zero-order valence-corrected chi connectivity index (χ0v) is 8.78. The summed E-state index contributed by atoms with van der Waals surface area (Å²) in [7, 11) is 0. The first-order chi connectivity index (χ1) is 7.30. The Hall–Kier alpha value is -0.660. The van der Waals surface area contributed by atoms with Crippen molar-refractivity contribution < 1.29 is 30.3 Å². The molecule has 0 heterocycles. The summed E-state index contributed by atoms with van der Waals surface area (Å²) in [6.45, 7) is 0. The van der Waals surface area contributed by atoms with Gasteiger partial charge in [0.05, 0.1) is 5.92 Å². The Morgan fingerprint density at radius 3 is 2.44 bits per heavy atom. The van der Waals surface area contributed by atoms with Gasteiger partial charge in [0, 0.05) is 6.42 Å². The lowest BCUT2D eigenvalue weighted by atomic mass is 9.93. The van der Waals surface area contributed by atoms with E-state index >= 15 is 0 Å². The van der Waals surface area contributed by atoms with Crippen LogP contribution in [0.15, 0.2) is 11.8 Å². The highest BCUT2D eigenvalue weighted by molar-refractivity contribution is 7.80. The number of rotatable bonds is 3. The summed E-state index contributed by atoms with van der Waals surface area (Å²) in [6, 6.07) is 0. The van der Waals surface area contributed by atoms with E-state index in [1.54, 1.807) is 0 Å². The van der Waals surface area contributed by atoms with Crippen LogP contribution in [0.4, 0.5) is 22.0 Å². The zero-order valence-electron chi connectivity index (χ0n) is 7.97. The van der Waals surface area contributed by atoms with Crippen LogP contribution in [0.2, 0.25) is 0 Å². The fourth-order valence-electron chi connectivity index (χ4n) is 1.32. The second kappa shape index (κ2) is 5.11. The summed E-state index contributed by atoms with van der Waals surface area (Å²) in [5, 5.41) is 0. The van der Waals surface area contributed by atoms with Crippen molar-refractivity contribution in [2.75, 3.05) is 0 Å². The first kappa shape index (κ1) is 13.4. The van der Waals surface area contributed by atoms with E-state index in [1.807, 2.05) is 0 Å².